The highest BCUT2D eigenvalue weighted by molar-refractivity contribution is 7.10. The van der Waals surface area contributed by atoms with Crippen LogP contribution in [0.2, 0.25) is 5.02 Å². The van der Waals surface area contributed by atoms with Crippen molar-refractivity contribution in [2.24, 2.45) is 5.92 Å². The number of hydrogen-bond acceptors (Lipinski definition) is 3. The van der Waals surface area contributed by atoms with Crippen LogP contribution >= 0.6 is 22.9 Å². The van der Waals surface area contributed by atoms with Gasteiger partial charge in [0.1, 0.15) is 0 Å². The summed E-state index contributed by atoms with van der Waals surface area (Å²) < 4.78 is 6.30. The van der Waals surface area contributed by atoms with E-state index in [1.165, 1.54) is 10.4 Å². The van der Waals surface area contributed by atoms with E-state index in [2.05, 4.69) is 52.2 Å². The van der Waals surface area contributed by atoms with E-state index in [-0.39, 0.29) is 17.2 Å². The van der Waals surface area contributed by atoms with Gasteiger partial charge in [-0.05, 0) is 64.9 Å². The summed E-state index contributed by atoms with van der Waals surface area (Å²) in [5.74, 6) is 0.426. The molecule has 1 aromatic heterocycles. The quantitative estimate of drug-likeness (QED) is 0.786. The third-order valence-electron chi connectivity index (χ3n) is 4.37. The lowest BCUT2D eigenvalue weighted by molar-refractivity contribution is -0.0777. The Kier molecular flexibility index (Phi) is 5.09. The molecule has 2 nitrogen and oxygen atoms in total. The zero-order valence-electron chi connectivity index (χ0n) is 14.0. The maximum absolute atomic E-state index is 6.55. The molecular weight excluding hydrogens is 302 g/mol. The van der Waals surface area contributed by atoms with E-state index < -0.39 is 0 Å². The van der Waals surface area contributed by atoms with E-state index >= 15 is 0 Å². The van der Waals surface area contributed by atoms with Gasteiger partial charge in [-0.3, -0.25) is 0 Å². The summed E-state index contributed by atoms with van der Waals surface area (Å²) in [7, 11) is 0. The van der Waals surface area contributed by atoms with Gasteiger partial charge >= 0.3 is 0 Å². The van der Waals surface area contributed by atoms with Crippen molar-refractivity contribution in [3.63, 3.8) is 0 Å². The molecule has 21 heavy (non-hydrogen) atoms. The molecule has 0 saturated carbocycles. The molecule has 1 aliphatic rings. The molecule has 2 heterocycles. The van der Waals surface area contributed by atoms with Gasteiger partial charge in [-0.15, -0.1) is 11.3 Å². The normalized spacial score (nSPS) is 25.2. The standard InChI is InChI=1S/C17H28ClNOS/c1-7-8-19-14(15-13(18)11(2)10-21-15)12-9-16(3,4)20-17(12,5)6/h10,12,14,19H,7-9H2,1-6H3. The molecule has 1 aliphatic heterocycles. The molecular formula is C17H28ClNOS. The molecule has 1 fully saturated rings. The number of rotatable bonds is 5. The molecule has 2 unspecified atom stereocenters. The van der Waals surface area contributed by atoms with Crippen molar-refractivity contribution in [2.75, 3.05) is 6.54 Å². The van der Waals surface area contributed by atoms with Crippen LogP contribution in [0.15, 0.2) is 5.38 Å². The highest BCUT2D eigenvalue weighted by Crippen LogP contribution is 2.49. The van der Waals surface area contributed by atoms with Crippen LogP contribution in [0, 0.1) is 12.8 Å². The summed E-state index contributed by atoms with van der Waals surface area (Å²) in [6.07, 6.45) is 2.17. The summed E-state index contributed by atoms with van der Waals surface area (Å²) in [6.45, 7) is 14.1. The van der Waals surface area contributed by atoms with Gasteiger partial charge in [-0.1, -0.05) is 18.5 Å². The fourth-order valence-corrected chi connectivity index (χ4v) is 4.95. The summed E-state index contributed by atoms with van der Waals surface area (Å²) in [4.78, 5) is 1.27. The predicted octanol–water partition coefficient (Wildman–Crippen LogP) is 5.34. The highest BCUT2D eigenvalue weighted by Gasteiger charge is 2.49. The van der Waals surface area contributed by atoms with Crippen LogP contribution in [0.1, 0.15) is 63.9 Å². The van der Waals surface area contributed by atoms with Crippen molar-refractivity contribution in [3.8, 4) is 0 Å². The fraction of sp³-hybridized carbons (Fsp3) is 0.765. The second kappa shape index (κ2) is 6.19. The molecule has 0 spiro atoms. The second-order valence-corrected chi connectivity index (χ2v) is 8.59. The molecule has 0 amide bonds. The van der Waals surface area contributed by atoms with Crippen molar-refractivity contribution >= 4 is 22.9 Å². The highest BCUT2D eigenvalue weighted by atomic mass is 35.5. The number of halogens is 1. The molecule has 1 aromatic rings. The molecule has 4 heteroatoms. The topological polar surface area (TPSA) is 21.3 Å². The number of ether oxygens (including phenoxy) is 1. The molecule has 1 N–H and O–H groups in total. The molecule has 120 valence electrons. The lowest BCUT2D eigenvalue weighted by Crippen LogP contribution is -2.38. The first kappa shape index (κ1) is 17.3. The van der Waals surface area contributed by atoms with Crippen LogP contribution in [0.4, 0.5) is 0 Å². The van der Waals surface area contributed by atoms with Gasteiger partial charge in [0.2, 0.25) is 0 Å². The molecule has 2 rings (SSSR count). The molecule has 2 atom stereocenters. The van der Waals surface area contributed by atoms with Crippen LogP contribution in [0.3, 0.4) is 0 Å². The smallest absolute Gasteiger partial charge is 0.0681 e. The first-order valence-electron chi connectivity index (χ1n) is 7.85. The summed E-state index contributed by atoms with van der Waals surface area (Å²) >= 11 is 8.33. The summed E-state index contributed by atoms with van der Waals surface area (Å²) in [5.41, 5.74) is 0.964. The number of aryl methyl sites for hydroxylation is 1. The van der Waals surface area contributed by atoms with Crippen molar-refractivity contribution in [3.05, 3.63) is 20.8 Å². The molecule has 0 aromatic carbocycles. The maximum Gasteiger partial charge on any atom is 0.0681 e. The van der Waals surface area contributed by atoms with Gasteiger partial charge in [0.05, 0.1) is 16.2 Å². The zero-order chi connectivity index (χ0) is 15.8. The Labute approximate surface area is 138 Å². The van der Waals surface area contributed by atoms with E-state index in [1.807, 2.05) is 0 Å². The van der Waals surface area contributed by atoms with Crippen LogP contribution < -0.4 is 5.32 Å². The lowest BCUT2D eigenvalue weighted by Gasteiger charge is -2.33. The predicted molar refractivity (Wildman–Crippen MR) is 92.5 cm³/mol. The van der Waals surface area contributed by atoms with E-state index in [0.717, 1.165) is 24.4 Å². The monoisotopic (exact) mass is 329 g/mol. The number of thiophene rings is 1. The first-order chi connectivity index (χ1) is 9.68. The molecule has 0 radical (unpaired) electrons. The molecule has 0 aliphatic carbocycles. The van der Waals surface area contributed by atoms with Crippen LogP contribution in [0.25, 0.3) is 0 Å². The van der Waals surface area contributed by atoms with Gasteiger partial charge < -0.3 is 10.1 Å². The van der Waals surface area contributed by atoms with Gasteiger partial charge in [-0.2, -0.15) is 0 Å². The van der Waals surface area contributed by atoms with E-state index in [0.29, 0.717) is 5.92 Å². The Balaban J connectivity index is 2.34. The molecule has 0 bridgehead atoms. The van der Waals surface area contributed by atoms with Crippen molar-refractivity contribution < 1.29 is 4.74 Å². The number of nitrogens with one attached hydrogen (secondary N) is 1. The van der Waals surface area contributed by atoms with E-state index in [4.69, 9.17) is 16.3 Å². The zero-order valence-corrected chi connectivity index (χ0v) is 15.6. The SMILES string of the molecule is CCCNC(c1scc(C)c1Cl)C1CC(C)(C)OC1(C)C. The second-order valence-electron chi connectivity index (χ2n) is 7.30. The Morgan fingerprint density at radius 2 is 2.10 bits per heavy atom. The van der Waals surface area contributed by atoms with Crippen LogP contribution in [-0.2, 0) is 4.74 Å². The minimum Gasteiger partial charge on any atom is -0.369 e. The average Bonchev–Trinajstić information content (AvgIpc) is 2.79. The van der Waals surface area contributed by atoms with Crippen LogP contribution in [0.5, 0.6) is 0 Å². The minimum absolute atomic E-state index is 0.0703. The lowest BCUT2D eigenvalue weighted by atomic mass is 9.81. The van der Waals surface area contributed by atoms with Crippen molar-refractivity contribution in [2.45, 2.75) is 71.6 Å². The Hall–Kier alpha value is -0.0900. The Morgan fingerprint density at radius 3 is 2.52 bits per heavy atom. The van der Waals surface area contributed by atoms with E-state index in [1.54, 1.807) is 11.3 Å². The van der Waals surface area contributed by atoms with Crippen molar-refractivity contribution in [1.82, 2.24) is 5.32 Å². The van der Waals surface area contributed by atoms with Gasteiger partial charge in [0.25, 0.3) is 0 Å². The Morgan fingerprint density at radius 1 is 1.43 bits per heavy atom. The third-order valence-corrected chi connectivity index (χ3v) is 6.17. The molecule has 1 saturated heterocycles. The number of hydrogen-bond donors (Lipinski definition) is 1. The summed E-state index contributed by atoms with van der Waals surface area (Å²) in [6, 6.07) is 0.271. The minimum atomic E-state index is -0.143. The third kappa shape index (κ3) is 3.64. The maximum atomic E-state index is 6.55. The first-order valence-corrected chi connectivity index (χ1v) is 9.11. The van der Waals surface area contributed by atoms with Gasteiger partial charge in [0, 0.05) is 16.8 Å². The van der Waals surface area contributed by atoms with Crippen molar-refractivity contribution in [1.29, 1.82) is 0 Å². The van der Waals surface area contributed by atoms with Crippen LogP contribution in [-0.4, -0.2) is 17.7 Å². The summed E-state index contributed by atoms with van der Waals surface area (Å²) in [5, 5.41) is 6.81. The van der Waals surface area contributed by atoms with Gasteiger partial charge in [-0.25, -0.2) is 0 Å². The van der Waals surface area contributed by atoms with Gasteiger partial charge in [0.15, 0.2) is 0 Å². The Bertz CT molecular complexity index is 495. The largest absolute Gasteiger partial charge is 0.369 e. The fourth-order valence-electron chi connectivity index (χ4n) is 3.50. The van der Waals surface area contributed by atoms with E-state index in [9.17, 15) is 0 Å². The average molecular weight is 330 g/mol.